The van der Waals surface area contributed by atoms with Gasteiger partial charge in [-0.15, -0.1) is 0 Å². The summed E-state index contributed by atoms with van der Waals surface area (Å²) in [6.45, 7) is 2.01. The van der Waals surface area contributed by atoms with Gasteiger partial charge in [0.05, 0.1) is 11.4 Å². The van der Waals surface area contributed by atoms with E-state index in [1.165, 1.54) is 12.1 Å². The molecule has 2 rings (SSSR count). The zero-order valence-electron chi connectivity index (χ0n) is 8.51. The van der Waals surface area contributed by atoms with E-state index in [0.717, 1.165) is 12.1 Å². The number of halogens is 1. The van der Waals surface area contributed by atoms with Crippen molar-refractivity contribution in [3.63, 3.8) is 0 Å². The van der Waals surface area contributed by atoms with Crippen LogP contribution in [0.5, 0.6) is 0 Å². The van der Waals surface area contributed by atoms with Crippen LogP contribution in [0.4, 0.5) is 15.8 Å². The summed E-state index contributed by atoms with van der Waals surface area (Å²) in [5.41, 5.74) is 1.31. The van der Waals surface area contributed by atoms with Gasteiger partial charge >= 0.3 is 0 Å². The lowest BCUT2D eigenvalue weighted by Crippen LogP contribution is -2.21. The van der Waals surface area contributed by atoms with Gasteiger partial charge in [-0.25, -0.2) is 4.39 Å². The maximum absolute atomic E-state index is 13.0. The Hall–Kier alpha value is -1.58. The Kier molecular flexibility index (Phi) is 2.58. The lowest BCUT2D eigenvalue weighted by Gasteiger charge is -2.14. The highest BCUT2D eigenvalue weighted by Crippen LogP contribution is 2.27. The van der Waals surface area contributed by atoms with Gasteiger partial charge in [-0.05, 0) is 24.6 Å². The van der Waals surface area contributed by atoms with Crippen LogP contribution in [0.2, 0.25) is 0 Å². The molecule has 15 heavy (non-hydrogen) atoms. The average Bonchev–Trinajstić information content (AvgIpc) is 2.35. The monoisotopic (exact) mass is 208 g/mol. The van der Waals surface area contributed by atoms with E-state index in [-0.39, 0.29) is 17.8 Å². The highest BCUT2D eigenvalue weighted by Gasteiger charge is 2.19. The summed E-state index contributed by atoms with van der Waals surface area (Å²) in [7, 11) is 0. The number of benzene rings is 1. The van der Waals surface area contributed by atoms with Gasteiger partial charge in [0.15, 0.2) is 0 Å². The smallest absolute Gasteiger partial charge is 0.226 e. The van der Waals surface area contributed by atoms with Crippen molar-refractivity contribution in [2.24, 2.45) is 0 Å². The fraction of sp³-hybridized carbons (Fsp3) is 0.364. The average molecular weight is 208 g/mol. The molecule has 3 nitrogen and oxygen atoms in total. The molecule has 1 aliphatic heterocycles. The van der Waals surface area contributed by atoms with Crippen LogP contribution < -0.4 is 10.6 Å². The quantitative estimate of drug-likeness (QED) is 0.743. The minimum absolute atomic E-state index is 0.0706. The van der Waals surface area contributed by atoms with E-state index < -0.39 is 0 Å². The third-order valence-corrected chi connectivity index (χ3v) is 2.54. The van der Waals surface area contributed by atoms with Crippen LogP contribution in [-0.2, 0) is 4.79 Å². The first-order valence-corrected chi connectivity index (χ1v) is 5.05. The van der Waals surface area contributed by atoms with Crippen molar-refractivity contribution in [3.8, 4) is 0 Å². The first kappa shape index (κ1) is 9.96. The van der Waals surface area contributed by atoms with Crippen molar-refractivity contribution < 1.29 is 9.18 Å². The predicted octanol–water partition coefficient (Wildman–Crippen LogP) is 2.36. The van der Waals surface area contributed by atoms with Crippen LogP contribution in [0.3, 0.4) is 0 Å². The van der Waals surface area contributed by atoms with Crippen molar-refractivity contribution in [1.82, 2.24) is 0 Å². The van der Waals surface area contributed by atoms with Gasteiger partial charge in [0.25, 0.3) is 0 Å². The molecule has 80 valence electrons. The summed E-state index contributed by atoms with van der Waals surface area (Å²) in [5, 5.41) is 5.90. The molecule has 4 heteroatoms. The highest BCUT2D eigenvalue weighted by atomic mass is 19.1. The van der Waals surface area contributed by atoms with Gasteiger partial charge in [-0.3, -0.25) is 4.79 Å². The lowest BCUT2D eigenvalue weighted by molar-refractivity contribution is -0.116. The van der Waals surface area contributed by atoms with Crippen molar-refractivity contribution >= 4 is 17.3 Å². The molecule has 1 atom stereocenters. The van der Waals surface area contributed by atoms with Gasteiger partial charge in [0.1, 0.15) is 5.82 Å². The molecule has 0 saturated carbocycles. The van der Waals surface area contributed by atoms with E-state index >= 15 is 0 Å². The third kappa shape index (κ3) is 2.09. The van der Waals surface area contributed by atoms with Gasteiger partial charge in [-0.2, -0.15) is 0 Å². The van der Waals surface area contributed by atoms with E-state index in [1.54, 1.807) is 6.07 Å². The molecule has 1 heterocycles. The normalized spacial score (nSPS) is 19.9. The predicted molar refractivity (Wildman–Crippen MR) is 57.3 cm³/mol. The summed E-state index contributed by atoms with van der Waals surface area (Å²) < 4.78 is 13.0. The maximum atomic E-state index is 13.0. The second kappa shape index (κ2) is 3.88. The van der Waals surface area contributed by atoms with Crippen LogP contribution in [0.25, 0.3) is 0 Å². The summed E-state index contributed by atoms with van der Waals surface area (Å²) in [4.78, 5) is 11.5. The summed E-state index contributed by atoms with van der Waals surface area (Å²) in [5.74, 6) is -0.413. The van der Waals surface area contributed by atoms with E-state index in [1.807, 2.05) is 6.92 Å². The standard InChI is InChI=1S/C11H13FN2O/c1-2-8-6-11(15)14-10-5-7(12)3-4-9(10)13-8/h3-5,8,13H,2,6H2,1H3,(H,14,15). The molecule has 0 fully saturated rings. The van der Waals surface area contributed by atoms with Crippen molar-refractivity contribution in [1.29, 1.82) is 0 Å². The number of hydrogen-bond donors (Lipinski definition) is 2. The minimum Gasteiger partial charge on any atom is -0.380 e. The second-order valence-electron chi connectivity index (χ2n) is 3.69. The number of nitrogens with one attached hydrogen (secondary N) is 2. The maximum Gasteiger partial charge on any atom is 0.226 e. The number of anilines is 2. The Balaban J connectivity index is 2.36. The van der Waals surface area contributed by atoms with E-state index in [2.05, 4.69) is 10.6 Å². The SMILES string of the molecule is CCC1CC(=O)Nc2cc(F)ccc2N1. The van der Waals surface area contributed by atoms with Crippen LogP contribution in [0.1, 0.15) is 19.8 Å². The van der Waals surface area contributed by atoms with E-state index in [9.17, 15) is 9.18 Å². The minimum atomic E-state index is -0.342. The third-order valence-electron chi connectivity index (χ3n) is 2.54. The molecule has 1 amide bonds. The number of hydrogen-bond acceptors (Lipinski definition) is 2. The molecular formula is C11H13FN2O. The Bertz CT molecular complexity index is 392. The van der Waals surface area contributed by atoms with Crippen LogP contribution in [0, 0.1) is 5.82 Å². The molecular weight excluding hydrogens is 195 g/mol. The van der Waals surface area contributed by atoms with E-state index in [0.29, 0.717) is 12.1 Å². The Morgan fingerprint density at radius 3 is 3.00 bits per heavy atom. The summed E-state index contributed by atoms with van der Waals surface area (Å²) >= 11 is 0. The molecule has 1 aliphatic rings. The first-order valence-electron chi connectivity index (χ1n) is 5.05. The van der Waals surface area contributed by atoms with Crippen molar-refractivity contribution in [2.45, 2.75) is 25.8 Å². The van der Waals surface area contributed by atoms with Crippen molar-refractivity contribution in [3.05, 3.63) is 24.0 Å². The van der Waals surface area contributed by atoms with Gasteiger partial charge < -0.3 is 10.6 Å². The molecule has 2 N–H and O–H groups in total. The molecule has 0 radical (unpaired) electrons. The van der Waals surface area contributed by atoms with Gasteiger partial charge in [-0.1, -0.05) is 6.92 Å². The molecule has 0 bridgehead atoms. The fourth-order valence-corrected chi connectivity index (χ4v) is 1.69. The largest absolute Gasteiger partial charge is 0.380 e. The second-order valence-corrected chi connectivity index (χ2v) is 3.69. The zero-order chi connectivity index (χ0) is 10.8. The molecule has 1 unspecified atom stereocenters. The Morgan fingerprint density at radius 1 is 1.47 bits per heavy atom. The van der Waals surface area contributed by atoms with Crippen LogP contribution in [0.15, 0.2) is 18.2 Å². The zero-order valence-corrected chi connectivity index (χ0v) is 8.51. The fourth-order valence-electron chi connectivity index (χ4n) is 1.69. The molecule has 1 aromatic carbocycles. The number of carbonyl (C=O) groups excluding carboxylic acids is 1. The number of amides is 1. The number of rotatable bonds is 1. The van der Waals surface area contributed by atoms with Crippen molar-refractivity contribution in [2.75, 3.05) is 10.6 Å². The topological polar surface area (TPSA) is 41.1 Å². The summed E-state index contributed by atoms with van der Waals surface area (Å²) in [6.07, 6.45) is 1.29. The molecule has 0 aromatic heterocycles. The number of fused-ring (bicyclic) bond motifs is 1. The Labute approximate surface area is 87.7 Å². The van der Waals surface area contributed by atoms with Gasteiger partial charge in [0.2, 0.25) is 5.91 Å². The molecule has 0 saturated heterocycles. The molecule has 0 aliphatic carbocycles. The van der Waals surface area contributed by atoms with Crippen LogP contribution >= 0.6 is 0 Å². The summed E-state index contributed by atoms with van der Waals surface area (Å²) in [6, 6.07) is 4.49. The molecule has 0 spiro atoms. The lowest BCUT2D eigenvalue weighted by atomic mass is 10.1. The first-order chi connectivity index (χ1) is 7.19. The van der Waals surface area contributed by atoms with Gasteiger partial charge in [0, 0.05) is 12.5 Å². The Morgan fingerprint density at radius 2 is 2.27 bits per heavy atom. The van der Waals surface area contributed by atoms with E-state index in [4.69, 9.17) is 0 Å². The number of carbonyl (C=O) groups is 1. The highest BCUT2D eigenvalue weighted by molar-refractivity contribution is 5.96. The van der Waals surface area contributed by atoms with Crippen LogP contribution in [-0.4, -0.2) is 11.9 Å². The molecule has 1 aromatic rings.